The second-order valence-electron chi connectivity index (χ2n) is 6.57. The van der Waals surface area contributed by atoms with E-state index in [-0.39, 0.29) is 46.8 Å². The molecule has 7 nitrogen and oxygen atoms in total. The second-order valence-corrected chi connectivity index (χ2v) is 6.57. The highest BCUT2D eigenvalue weighted by Gasteiger charge is 2.31. The number of hydrogen-bond donors (Lipinski definition) is 3. The lowest BCUT2D eigenvalue weighted by molar-refractivity contribution is -0.137. The van der Waals surface area contributed by atoms with Crippen LogP contribution in [-0.2, 0) is 6.18 Å². The van der Waals surface area contributed by atoms with Crippen molar-refractivity contribution in [1.29, 1.82) is 5.26 Å². The van der Waals surface area contributed by atoms with E-state index in [2.05, 4.69) is 25.3 Å². The van der Waals surface area contributed by atoms with Gasteiger partial charge in [0.25, 0.3) is 0 Å². The maximum Gasteiger partial charge on any atom is 0.417 e. The number of aliphatic hydroxyl groups is 1. The first-order chi connectivity index (χ1) is 13.2. The zero-order valence-electron chi connectivity index (χ0n) is 15.0. The molecule has 10 heteroatoms. The lowest BCUT2D eigenvalue weighted by Gasteiger charge is -2.20. The summed E-state index contributed by atoms with van der Waals surface area (Å²) in [6.07, 6.45) is -1.05. The van der Waals surface area contributed by atoms with E-state index < -0.39 is 11.7 Å². The molecule has 0 aliphatic carbocycles. The van der Waals surface area contributed by atoms with Gasteiger partial charge in [0.2, 0.25) is 5.95 Å². The van der Waals surface area contributed by atoms with Gasteiger partial charge in [-0.05, 0) is 12.0 Å². The first-order valence-corrected chi connectivity index (χ1v) is 8.43. The Morgan fingerprint density at radius 3 is 2.64 bits per heavy atom. The SMILES string of the molecule is CC(C)[C@H](CO)Nc1ncc(C#N)c(-c2c[nH]c3ncc(C(F)(F)F)cc23)n1. The molecule has 0 aromatic carbocycles. The molecule has 0 radical (unpaired) electrons. The number of anilines is 1. The van der Waals surface area contributed by atoms with Gasteiger partial charge in [-0.3, -0.25) is 0 Å². The van der Waals surface area contributed by atoms with Crippen molar-refractivity contribution in [1.82, 2.24) is 19.9 Å². The number of nitrogens with one attached hydrogen (secondary N) is 2. The van der Waals surface area contributed by atoms with E-state index in [4.69, 9.17) is 0 Å². The molecule has 0 amide bonds. The monoisotopic (exact) mass is 390 g/mol. The number of nitrogens with zero attached hydrogens (tertiary/aromatic N) is 4. The molecule has 0 spiro atoms. The normalized spacial score (nSPS) is 12.9. The van der Waals surface area contributed by atoms with Gasteiger partial charge in [-0.2, -0.15) is 18.4 Å². The van der Waals surface area contributed by atoms with Crippen LogP contribution in [0.15, 0.2) is 24.7 Å². The molecule has 3 rings (SSSR count). The molecule has 0 bridgehead atoms. The summed E-state index contributed by atoms with van der Waals surface area (Å²) in [5.41, 5.74) is -0.0650. The summed E-state index contributed by atoms with van der Waals surface area (Å²) in [6.45, 7) is 3.66. The number of aliphatic hydroxyl groups excluding tert-OH is 1. The molecule has 3 aromatic heterocycles. The Kier molecular flexibility index (Phi) is 5.20. The minimum atomic E-state index is -4.54. The molecular formula is C18H17F3N6O. The molecule has 146 valence electrons. The Labute approximate surface area is 158 Å². The van der Waals surface area contributed by atoms with E-state index in [9.17, 15) is 23.5 Å². The average molecular weight is 390 g/mol. The third-order valence-electron chi connectivity index (χ3n) is 4.34. The smallest absolute Gasteiger partial charge is 0.394 e. The van der Waals surface area contributed by atoms with Gasteiger partial charge in [-0.15, -0.1) is 0 Å². The van der Waals surface area contributed by atoms with E-state index in [1.165, 1.54) is 12.4 Å². The van der Waals surface area contributed by atoms with Crippen LogP contribution in [-0.4, -0.2) is 37.7 Å². The van der Waals surface area contributed by atoms with Crippen molar-refractivity contribution in [3.8, 4) is 17.3 Å². The summed E-state index contributed by atoms with van der Waals surface area (Å²) in [6, 6.07) is 2.60. The number of pyridine rings is 1. The summed E-state index contributed by atoms with van der Waals surface area (Å²) in [7, 11) is 0. The molecule has 3 heterocycles. The fourth-order valence-electron chi connectivity index (χ4n) is 2.68. The third-order valence-corrected chi connectivity index (χ3v) is 4.34. The van der Waals surface area contributed by atoms with E-state index in [1.54, 1.807) is 0 Å². The van der Waals surface area contributed by atoms with Gasteiger partial charge in [0, 0.05) is 23.3 Å². The van der Waals surface area contributed by atoms with Gasteiger partial charge in [0.15, 0.2) is 0 Å². The highest BCUT2D eigenvalue weighted by Crippen LogP contribution is 2.34. The van der Waals surface area contributed by atoms with Gasteiger partial charge in [0.05, 0.1) is 35.7 Å². The van der Waals surface area contributed by atoms with Crippen LogP contribution in [0.4, 0.5) is 19.1 Å². The lowest BCUT2D eigenvalue weighted by Crippen LogP contribution is -2.30. The van der Waals surface area contributed by atoms with Gasteiger partial charge in [0.1, 0.15) is 11.7 Å². The van der Waals surface area contributed by atoms with E-state index in [0.717, 1.165) is 12.3 Å². The highest BCUT2D eigenvalue weighted by molar-refractivity contribution is 5.94. The van der Waals surface area contributed by atoms with Gasteiger partial charge in [-0.25, -0.2) is 15.0 Å². The van der Waals surface area contributed by atoms with Crippen LogP contribution >= 0.6 is 0 Å². The molecule has 0 unspecified atom stereocenters. The number of rotatable bonds is 5. The summed E-state index contributed by atoms with van der Waals surface area (Å²) >= 11 is 0. The standard InChI is InChI=1S/C18H17F3N6O/c1-9(2)14(8-28)26-17-25-5-10(4-22)15(27-17)13-7-24-16-12(13)3-11(6-23-16)18(19,20)21/h3,5-7,9,14,28H,8H2,1-2H3,(H,23,24)(H,25,26,27)/t14-/m0/s1. The van der Waals surface area contributed by atoms with Crippen molar-refractivity contribution in [3.05, 3.63) is 35.8 Å². The van der Waals surface area contributed by atoms with Crippen LogP contribution in [0.2, 0.25) is 0 Å². The number of halogens is 3. The van der Waals surface area contributed by atoms with Gasteiger partial charge in [-0.1, -0.05) is 13.8 Å². The predicted octanol–water partition coefficient (Wildman–Crippen LogP) is 3.34. The molecule has 0 aliphatic rings. The van der Waals surface area contributed by atoms with Gasteiger partial charge >= 0.3 is 6.18 Å². The number of fused-ring (bicyclic) bond motifs is 1. The molecule has 0 saturated heterocycles. The van der Waals surface area contributed by atoms with Crippen LogP contribution in [0.1, 0.15) is 25.0 Å². The highest BCUT2D eigenvalue weighted by atomic mass is 19.4. The van der Waals surface area contributed by atoms with Crippen LogP contribution in [0.25, 0.3) is 22.3 Å². The molecule has 1 atom stereocenters. The Bertz CT molecular complexity index is 1040. The minimum Gasteiger partial charge on any atom is -0.394 e. The van der Waals surface area contributed by atoms with Crippen molar-refractivity contribution >= 4 is 17.0 Å². The van der Waals surface area contributed by atoms with Gasteiger partial charge < -0.3 is 15.4 Å². The summed E-state index contributed by atoms with van der Waals surface area (Å²) in [5.74, 6) is 0.246. The maximum absolute atomic E-state index is 13.1. The van der Waals surface area contributed by atoms with E-state index >= 15 is 0 Å². The first kappa shape index (κ1) is 19.6. The molecule has 3 aromatic rings. The predicted molar refractivity (Wildman–Crippen MR) is 96.2 cm³/mol. The topological polar surface area (TPSA) is 111 Å². The second kappa shape index (κ2) is 7.44. The Balaban J connectivity index is 2.12. The fraction of sp³-hybridized carbons (Fsp3) is 0.333. The van der Waals surface area contributed by atoms with Crippen LogP contribution in [0.3, 0.4) is 0 Å². The molecule has 3 N–H and O–H groups in total. The summed E-state index contributed by atoms with van der Waals surface area (Å²) < 4.78 is 39.2. The molecule has 0 saturated carbocycles. The molecule has 0 aliphatic heterocycles. The Hall–Kier alpha value is -3.19. The zero-order valence-corrected chi connectivity index (χ0v) is 15.0. The zero-order chi connectivity index (χ0) is 20.5. The van der Waals surface area contributed by atoms with Crippen LogP contribution in [0, 0.1) is 17.2 Å². The van der Waals surface area contributed by atoms with Crippen molar-refractivity contribution < 1.29 is 18.3 Å². The fourth-order valence-corrected chi connectivity index (χ4v) is 2.68. The van der Waals surface area contributed by atoms with Crippen molar-refractivity contribution in [2.24, 2.45) is 5.92 Å². The Morgan fingerprint density at radius 2 is 2.04 bits per heavy atom. The number of H-pyrrole nitrogens is 1. The van der Waals surface area contributed by atoms with E-state index in [1.807, 2.05) is 19.9 Å². The minimum absolute atomic E-state index is 0.0827. The van der Waals surface area contributed by atoms with Crippen molar-refractivity contribution in [2.45, 2.75) is 26.1 Å². The molecular weight excluding hydrogens is 373 g/mol. The Morgan fingerprint density at radius 1 is 1.29 bits per heavy atom. The number of hydrogen-bond acceptors (Lipinski definition) is 6. The molecule has 0 fully saturated rings. The van der Waals surface area contributed by atoms with E-state index in [0.29, 0.717) is 5.56 Å². The van der Waals surface area contributed by atoms with Crippen LogP contribution < -0.4 is 5.32 Å². The maximum atomic E-state index is 13.1. The number of aromatic nitrogens is 4. The largest absolute Gasteiger partial charge is 0.417 e. The number of alkyl halides is 3. The van der Waals surface area contributed by atoms with Crippen molar-refractivity contribution in [3.63, 3.8) is 0 Å². The van der Waals surface area contributed by atoms with Crippen LogP contribution in [0.5, 0.6) is 0 Å². The molecule has 28 heavy (non-hydrogen) atoms. The third kappa shape index (κ3) is 3.75. The quantitative estimate of drug-likeness (QED) is 0.616. The average Bonchev–Trinajstić information content (AvgIpc) is 3.08. The number of aromatic amines is 1. The lowest BCUT2D eigenvalue weighted by atomic mass is 10.1. The first-order valence-electron chi connectivity index (χ1n) is 8.43. The summed E-state index contributed by atoms with van der Waals surface area (Å²) in [4.78, 5) is 15.0. The number of nitriles is 1. The van der Waals surface area contributed by atoms with Crippen molar-refractivity contribution in [2.75, 3.05) is 11.9 Å². The summed E-state index contributed by atoms with van der Waals surface area (Å²) in [5, 5.41) is 22.0.